The van der Waals surface area contributed by atoms with Crippen molar-refractivity contribution in [3.63, 3.8) is 0 Å². The molecule has 0 aromatic carbocycles. The molecule has 1 aliphatic rings. The fraction of sp³-hybridized carbons (Fsp3) is 0.600. The summed E-state index contributed by atoms with van der Waals surface area (Å²) < 4.78 is 0. The van der Waals surface area contributed by atoms with Crippen molar-refractivity contribution in [1.29, 1.82) is 0 Å². The van der Waals surface area contributed by atoms with Gasteiger partial charge in [0.05, 0.1) is 6.54 Å². The molecule has 4 nitrogen and oxygen atoms in total. The lowest BCUT2D eigenvalue weighted by Gasteiger charge is -2.22. The average molecular weight is 229 g/mol. The van der Waals surface area contributed by atoms with Crippen LogP contribution in [0.3, 0.4) is 0 Å². The molecule has 2 heterocycles. The summed E-state index contributed by atoms with van der Waals surface area (Å²) in [4.78, 5) is 8.55. The first kappa shape index (κ1) is 12.4. The largest absolute Gasteiger partial charge is 0.324 e. The molecule has 0 unspecified atom stereocenters. The molecule has 15 heavy (non-hydrogen) atoms. The van der Waals surface area contributed by atoms with Crippen molar-refractivity contribution in [3.8, 4) is 0 Å². The van der Waals surface area contributed by atoms with Crippen LogP contribution in [-0.4, -0.2) is 23.1 Å². The number of aromatic nitrogens is 2. The van der Waals surface area contributed by atoms with Gasteiger partial charge in [0.25, 0.3) is 0 Å². The standard InChI is InChI=1S/C10H16N4.ClH/c11-7-10-13-6-3-9(14-10)8-1-4-12-5-2-8;/h3,6,8,12H,1-2,4-5,7,11H2;1H. The SMILES string of the molecule is Cl.NCc1nccc(C2CCNCC2)n1. The van der Waals surface area contributed by atoms with E-state index in [1.807, 2.05) is 12.3 Å². The smallest absolute Gasteiger partial charge is 0.142 e. The monoisotopic (exact) mass is 228 g/mol. The molecule has 0 radical (unpaired) electrons. The molecule has 1 fully saturated rings. The van der Waals surface area contributed by atoms with E-state index in [-0.39, 0.29) is 12.4 Å². The summed E-state index contributed by atoms with van der Waals surface area (Å²) in [6.45, 7) is 2.61. The maximum atomic E-state index is 5.51. The predicted molar refractivity (Wildman–Crippen MR) is 62.0 cm³/mol. The Morgan fingerprint density at radius 1 is 1.40 bits per heavy atom. The lowest BCUT2D eigenvalue weighted by Crippen LogP contribution is -2.27. The summed E-state index contributed by atoms with van der Waals surface area (Å²) in [5, 5.41) is 3.34. The van der Waals surface area contributed by atoms with E-state index in [9.17, 15) is 0 Å². The second-order valence-electron chi connectivity index (χ2n) is 3.63. The Hall–Kier alpha value is -0.710. The van der Waals surface area contributed by atoms with Gasteiger partial charge in [0.2, 0.25) is 0 Å². The van der Waals surface area contributed by atoms with E-state index < -0.39 is 0 Å². The van der Waals surface area contributed by atoms with Crippen molar-refractivity contribution in [2.45, 2.75) is 25.3 Å². The van der Waals surface area contributed by atoms with E-state index in [0.717, 1.165) is 24.6 Å². The van der Waals surface area contributed by atoms with Gasteiger partial charge in [0.15, 0.2) is 0 Å². The number of piperidine rings is 1. The fourth-order valence-corrected chi connectivity index (χ4v) is 1.86. The van der Waals surface area contributed by atoms with Gasteiger partial charge in [-0.05, 0) is 32.0 Å². The quantitative estimate of drug-likeness (QED) is 0.787. The first-order chi connectivity index (χ1) is 6.90. The van der Waals surface area contributed by atoms with Gasteiger partial charge in [0.1, 0.15) is 5.82 Å². The van der Waals surface area contributed by atoms with Gasteiger partial charge in [-0.1, -0.05) is 0 Å². The normalized spacial score (nSPS) is 17.1. The zero-order valence-corrected chi connectivity index (χ0v) is 9.46. The second kappa shape index (κ2) is 6.00. The lowest BCUT2D eigenvalue weighted by molar-refractivity contribution is 0.451. The van der Waals surface area contributed by atoms with Crippen molar-refractivity contribution < 1.29 is 0 Å². The summed E-state index contributed by atoms with van der Waals surface area (Å²) in [7, 11) is 0. The summed E-state index contributed by atoms with van der Waals surface area (Å²) in [6.07, 6.45) is 4.15. The van der Waals surface area contributed by atoms with Crippen molar-refractivity contribution >= 4 is 12.4 Å². The highest BCUT2D eigenvalue weighted by molar-refractivity contribution is 5.85. The van der Waals surface area contributed by atoms with Crippen molar-refractivity contribution in [2.75, 3.05) is 13.1 Å². The highest BCUT2D eigenvalue weighted by atomic mass is 35.5. The maximum absolute atomic E-state index is 5.51. The van der Waals surface area contributed by atoms with Crippen molar-refractivity contribution in [1.82, 2.24) is 15.3 Å². The number of rotatable bonds is 2. The van der Waals surface area contributed by atoms with Gasteiger partial charge in [-0.2, -0.15) is 0 Å². The molecule has 0 aliphatic carbocycles. The molecule has 0 saturated carbocycles. The molecule has 84 valence electrons. The van der Waals surface area contributed by atoms with Gasteiger partial charge in [-0.3, -0.25) is 0 Å². The lowest BCUT2D eigenvalue weighted by atomic mass is 9.94. The maximum Gasteiger partial charge on any atom is 0.142 e. The van der Waals surface area contributed by atoms with Gasteiger partial charge >= 0.3 is 0 Å². The minimum atomic E-state index is 0. The molecule has 1 aromatic heterocycles. The van der Waals surface area contributed by atoms with Crippen molar-refractivity contribution in [2.24, 2.45) is 5.73 Å². The van der Waals surface area contributed by atoms with E-state index in [0.29, 0.717) is 12.5 Å². The van der Waals surface area contributed by atoms with Crippen LogP contribution >= 0.6 is 12.4 Å². The second-order valence-corrected chi connectivity index (χ2v) is 3.63. The highest BCUT2D eigenvalue weighted by Gasteiger charge is 2.16. The summed E-state index contributed by atoms with van der Waals surface area (Å²) in [6, 6.07) is 2.01. The van der Waals surface area contributed by atoms with Crippen LogP contribution in [0.5, 0.6) is 0 Å². The molecular formula is C10H17ClN4. The number of nitrogens with one attached hydrogen (secondary N) is 1. The van der Waals surface area contributed by atoms with E-state index >= 15 is 0 Å². The van der Waals surface area contributed by atoms with Crippen LogP contribution in [0, 0.1) is 0 Å². The predicted octanol–water partition coefficient (Wildman–Crippen LogP) is 0.824. The fourth-order valence-electron chi connectivity index (χ4n) is 1.86. The molecular weight excluding hydrogens is 212 g/mol. The molecule has 0 bridgehead atoms. The number of nitrogens with two attached hydrogens (primary N) is 1. The Morgan fingerprint density at radius 3 is 2.80 bits per heavy atom. The third-order valence-electron chi connectivity index (χ3n) is 2.67. The van der Waals surface area contributed by atoms with Crippen LogP contribution in [0.4, 0.5) is 0 Å². The number of nitrogens with zero attached hydrogens (tertiary/aromatic N) is 2. The van der Waals surface area contributed by atoms with Gasteiger partial charge in [-0.15, -0.1) is 12.4 Å². The van der Waals surface area contributed by atoms with E-state index in [4.69, 9.17) is 5.73 Å². The molecule has 1 aliphatic heterocycles. The molecule has 2 rings (SSSR count). The number of halogens is 1. The summed E-state index contributed by atoms with van der Waals surface area (Å²) >= 11 is 0. The Bertz CT molecular complexity index is 299. The summed E-state index contributed by atoms with van der Waals surface area (Å²) in [5.41, 5.74) is 6.67. The minimum absolute atomic E-state index is 0. The molecule has 0 spiro atoms. The van der Waals surface area contributed by atoms with Crippen LogP contribution < -0.4 is 11.1 Å². The first-order valence-electron chi connectivity index (χ1n) is 5.13. The zero-order valence-electron chi connectivity index (χ0n) is 8.65. The average Bonchev–Trinajstić information content (AvgIpc) is 2.30. The van der Waals surface area contributed by atoms with Crippen LogP contribution in [0.2, 0.25) is 0 Å². The topological polar surface area (TPSA) is 63.8 Å². The van der Waals surface area contributed by atoms with E-state index in [2.05, 4.69) is 15.3 Å². The molecule has 3 N–H and O–H groups in total. The molecule has 0 amide bonds. The Kier molecular flexibility index (Phi) is 4.94. The van der Waals surface area contributed by atoms with Crippen LogP contribution in [0.15, 0.2) is 12.3 Å². The van der Waals surface area contributed by atoms with E-state index in [1.165, 1.54) is 12.8 Å². The van der Waals surface area contributed by atoms with Gasteiger partial charge in [-0.25, -0.2) is 9.97 Å². The number of hydrogen-bond donors (Lipinski definition) is 2. The first-order valence-corrected chi connectivity index (χ1v) is 5.13. The Labute approximate surface area is 96.1 Å². The van der Waals surface area contributed by atoms with Gasteiger partial charge < -0.3 is 11.1 Å². The third kappa shape index (κ3) is 3.12. The van der Waals surface area contributed by atoms with Crippen molar-refractivity contribution in [3.05, 3.63) is 23.8 Å². The highest BCUT2D eigenvalue weighted by Crippen LogP contribution is 2.22. The number of hydrogen-bond acceptors (Lipinski definition) is 4. The van der Waals surface area contributed by atoms with E-state index in [1.54, 1.807) is 0 Å². The Balaban J connectivity index is 0.00000112. The summed E-state index contributed by atoms with van der Waals surface area (Å²) in [5.74, 6) is 1.34. The molecule has 1 saturated heterocycles. The molecule has 0 atom stereocenters. The zero-order chi connectivity index (χ0) is 9.80. The Morgan fingerprint density at radius 2 is 2.13 bits per heavy atom. The van der Waals surface area contributed by atoms with Crippen LogP contribution in [0.25, 0.3) is 0 Å². The molecule has 1 aromatic rings. The minimum Gasteiger partial charge on any atom is -0.324 e. The third-order valence-corrected chi connectivity index (χ3v) is 2.67. The van der Waals surface area contributed by atoms with Crippen LogP contribution in [0.1, 0.15) is 30.3 Å². The van der Waals surface area contributed by atoms with Gasteiger partial charge in [0, 0.05) is 17.8 Å². The molecule has 5 heteroatoms. The van der Waals surface area contributed by atoms with Crippen LogP contribution in [-0.2, 0) is 6.54 Å².